The van der Waals surface area contributed by atoms with Crippen molar-refractivity contribution in [3.05, 3.63) is 0 Å². The lowest BCUT2D eigenvalue weighted by atomic mass is 9.94. The van der Waals surface area contributed by atoms with Gasteiger partial charge in [-0.1, -0.05) is 39.0 Å². The number of rotatable bonds is 7. The molecule has 0 saturated carbocycles. The van der Waals surface area contributed by atoms with Gasteiger partial charge in [0.05, 0.1) is 0 Å². The number of hydrogen-bond donors (Lipinski definition) is 1. The normalized spacial score (nSPS) is 28.8. The lowest BCUT2D eigenvalue weighted by Crippen LogP contribution is -2.44. The summed E-state index contributed by atoms with van der Waals surface area (Å²) < 4.78 is 0. The zero-order valence-electron chi connectivity index (χ0n) is 12.7. The highest BCUT2D eigenvalue weighted by Crippen LogP contribution is 2.32. The summed E-state index contributed by atoms with van der Waals surface area (Å²) in [5, 5.41) is 3.66. The van der Waals surface area contributed by atoms with Crippen LogP contribution in [0.2, 0.25) is 0 Å². The summed E-state index contributed by atoms with van der Waals surface area (Å²) in [6.45, 7) is 11.1. The Morgan fingerprint density at radius 1 is 1.11 bits per heavy atom. The van der Waals surface area contributed by atoms with Gasteiger partial charge in [-0.2, -0.15) is 0 Å². The predicted molar refractivity (Wildman–Crippen MR) is 78.9 cm³/mol. The van der Waals surface area contributed by atoms with Crippen LogP contribution in [0.3, 0.4) is 0 Å². The Morgan fingerprint density at radius 2 is 1.89 bits per heavy atom. The molecular weight excluding hydrogens is 220 g/mol. The molecule has 2 heterocycles. The molecule has 0 unspecified atom stereocenters. The monoisotopic (exact) mass is 252 g/mol. The third kappa shape index (κ3) is 3.48. The summed E-state index contributed by atoms with van der Waals surface area (Å²) in [5.41, 5.74) is 0.415. The Morgan fingerprint density at radius 3 is 2.61 bits per heavy atom. The molecule has 18 heavy (non-hydrogen) atoms. The van der Waals surface area contributed by atoms with E-state index in [1.54, 1.807) is 0 Å². The van der Waals surface area contributed by atoms with E-state index < -0.39 is 0 Å². The molecule has 0 aliphatic carbocycles. The highest BCUT2D eigenvalue weighted by atomic mass is 15.3. The molecule has 0 amide bonds. The second-order valence-electron chi connectivity index (χ2n) is 6.99. The Labute approximate surface area is 114 Å². The van der Waals surface area contributed by atoms with E-state index in [0.717, 1.165) is 12.0 Å². The van der Waals surface area contributed by atoms with Crippen LogP contribution in [0.4, 0.5) is 0 Å². The van der Waals surface area contributed by atoms with Gasteiger partial charge in [-0.15, -0.1) is 0 Å². The van der Waals surface area contributed by atoms with E-state index in [4.69, 9.17) is 0 Å². The molecule has 0 aromatic heterocycles. The molecule has 1 N–H and O–H groups in total. The molecule has 2 fully saturated rings. The molecule has 0 radical (unpaired) electrons. The predicted octanol–water partition coefficient (Wildman–Crippen LogP) is 3.42. The highest BCUT2D eigenvalue weighted by Gasteiger charge is 2.40. The Kier molecular flexibility index (Phi) is 5.08. The second kappa shape index (κ2) is 6.38. The van der Waals surface area contributed by atoms with E-state index in [0.29, 0.717) is 5.54 Å². The quantitative estimate of drug-likeness (QED) is 0.698. The van der Waals surface area contributed by atoms with Crippen LogP contribution < -0.4 is 5.32 Å². The number of fused-ring (bicyclic) bond motifs is 1. The molecule has 2 atom stereocenters. The molecular formula is C16H32N2. The minimum Gasteiger partial charge on any atom is -0.312 e. The first-order chi connectivity index (χ1) is 8.63. The van der Waals surface area contributed by atoms with Gasteiger partial charge >= 0.3 is 0 Å². The lowest BCUT2D eigenvalue weighted by molar-refractivity contribution is 0.130. The van der Waals surface area contributed by atoms with Gasteiger partial charge in [-0.05, 0) is 39.2 Å². The van der Waals surface area contributed by atoms with Crippen molar-refractivity contribution >= 4 is 0 Å². The standard InChI is InChI=1S/C16H32N2/c1-4-5-6-7-8-10-16(2,3)18-12-14-9-11-17-15(14)13-18/h14-15,17H,4-13H2,1-3H3/t14-,15+/m1/s1. The first-order valence-corrected chi connectivity index (χ1v) is 8.12. The van der Waals surface area contributed by atoms with Gasteiger partial charge in [0.25, 0.3) is 0 Å². The van der Waals surface area contributed by atoms with E-state index in [2.05, 4.69) is 31.0 Å². The summed E-state index contributed by atoms with van der Waals surface area (Å²) in [5.74, 6) is 0.935. The molecule has 106 valence electrons. The maximum atomic E-state index is 3.66. The third-order valence-electron chi connectivity index (χ3n) is 5.11. The van der Waals surface area contributed by atoms with Crippen LogP contribution in [0.25, 0.3) is 0 Å². The van der Waals surface area contributed by atoms with E-state index >= 15 is 0 Å². The van der Waals surface area contributed by atoms with Gasteiger partial charge < -0.3 is 5.32 Å². The van der Waals surface area contributed by atoms with Crippen molar-refractivity contribution in [2.75, 3.05) is 19.6 Å². The zero-order chi connectivity index (χ0) is 13.0. The number of nitrogens with zero attached hydrogens (tertiary/aromatic N) is 1. The van der Waals surface area contributed by atoms with Crippen LogP contribution in [0, 0.1) is 5.92 Å². The van der Waals surface area contributed by atoms with Crippen LogP contribution in [-0.4, -0.2) is 36.1 Å². The second-order valence-corrected chi connectivity index (χ2v) is 6.99. The molecule has 2 rings (SSSR count). The van der Waals surface area contributed by atoms with Crippen molar-refractivity contribution in [2.24, 2.45) is 5.92 Å². The average Bonchev–Trinajstić information content (AvgIpc) is 2.88. The Balaban J connectivity index is 1.70. The highest BCUT2D eigenvalue weighted by molar-refractivity contribution is 4.98. The summed E-state index contributed by atoms with van der Waals surface area (Å²) in [4.78, 5) is 2.74. The number of nitrogens with one attached hydrogen (secondary N) is 1. The van der Waals surface area contributed by atoms with Crippen LogP contribution in [-0.2, 0) is 0 Å². The van der Waals surface area contributed by atoms with Gasteiger partial charge in [0.15, 0.2) is 0 Å². The Bertz CT molecular complexity index is 237. The fourth-order valence-electron chi connectivity index (χ4n) is 3.66. The average molecular weight is 252 g/mol. The van der Waals surface area contributed by atoms with E-state index in [1.165, 1.54) is 64.6 Å². The molecule has 2 aliphatic rings. The molecule has 0 bridgehead atoms. The van der Waals surface area contributed by atoms with Crippen LogP contribution in [0.5, 0.6) is 0 Å². The van der Waals surface area contributed by atoms with E-state index in [9.17, 15) is 0 Å². The third-order valence-corrected chi connectivity index (χ3v) is 5.11. The minimum atomic E-state index is 0.415. The fraction of sp³-hybridized carbons (Fsp3) is 1.00. The first-order valence-electron chi connectivity index (χ1n) is 8.12. The van der Waals surface area contributed by atoms with Gasteiger partial charge in [0.1, 0.15) is 0 Å². The smallest absolute Gasteiger partial charge is 0.0236 e. The number of hydrogen-bond acceptors (Lipinski definition) is 2. The van der Waals surface area contributed by atoms with Gasteiger partial charge in [0, 0.05) is 24.7 Å². The summed E-state index contributed by atoms with van der Waals surface area (Å²) in [7, 11) is 0. The fourth-order valence-corrected chi connectivity index (χ4v) is 3.66. The SMILES string of the molecule is CCCCCCCC(C)(C)N1C[C@H]2CCN[C@H]2C1. The van der Waals surface area contributed by atoms with E-state index in [1.807, 2.05) is 0 Å². The van der Waals surface area contributed by atoms with Gasteiger partial charge in [0.2, 0.25) is 0 Å². The van der Waals surface area contributed by atoms with Crippen molar-refractivity contribution in [1.82, 2.24) is 10.2 Å². The topological polar surface area (TPSA) is 15.3 Å². The zero-order valence-corrected chi connectivity index (χ0v) is 12.7. The number of likely N-dealkylation sites (tertiary alicyclic amines) is 1. The Hall–Kier alpha value is -0.0800. The van der Waals surface area contributed by atoms with Gasteiger partial charge in [-0.3, -0.25) is 4.90 Å². The van der Waals surface area contributed by atoms with Crippen molar-refractivity contribution in [2.45, 2.75) is 77.3 Å². The molecule has 0 aromatic rings. The summed E-state index contributed by atoms with van der Waals surface area (Å²) in [6.07, 6.45) is 9.80. The largest absolute Gasteiger partial charge is 0.312 e. The number of unbranched alkanes of at least 4 members (excludes halogenated alkanes) is 4. The molecule has 2 aliphatic heterocycles. The maximum Gasteiger partial charge on any atom is 0.0236 e. The van der Waals surface area contributed by atoms with Crippen molar-refractivity contribution in [3.8, 4) is 0 Å². The lowest BCUT2D eigenvalue weighted by Gasteiger charge is -2.36. The van der Waals surface area contributed by atoms with Crippen LogP contribution in [0.1, 0.15) is 65.7 Å². The van der Waals surface area contributed by atoms with Crippen LogP contribution in [0.15, 0.2) is 0 Å². The molecule has 2 saturated heterocycles. The molecule has 0 aromatic carbocycles. The summed E-state index contributed by atoms with van der Waals surface area (Å²) >= 11 is 0. The minimum absolute atomic E-state index is 0.415. The molecule has 2 heteroatoms. The summed E-state index contributed by atoms with van der Waals surface area (Å²) in [6, 6.07) is 0.796. The van der Waals surface area contributed by atoms with Crippen molar-refractivity contribution in [1.29, 1.82) is 0 Å². The maximum absolute atomic E-state index is 3.66. The van der Waals surface area contributed by atoms with Crippen LogP contribution >= 0.6 is 0 Å². The first kappa shape index (κ1) is 14.3. The van der Waals surface area contributed by atoms with E-state index in [-0.39, 0.29) is 0 Å². The van der Waals surface area contributed by atoms with Crippen molar-refractivity contribution < 1.29 is 0 Å². The molecule has 0 spiro atoms. The van der Waals surface area contributed by atoms with Crippen molar-refractivity contribution in [3.63, 3.8) is 0 Å². The van der Waals surface area contributed by atoms with Gasteiger partial charge in [-0.25, -0.2) is 0 Å². The molecule has 2 nitrogen and oxygen atoms in total.